The smallest absolute Gasteiger partial charge is 0.243 e. The highest BCUT2D eigenvalue weighted by Gasteiger charge is 2.30. The van der Waals surface area contributed by atoms with Gasteiger partial charge in [-0.05, 0) is 38.1 Å². The van der Waals surface area contributed by atoms with Crippen LogP contribution in [0.4, 0.5) is 0 Å². The Bertz CT molecular complexity index is 644. The van der Waals surface area contributed by atoms with Crippen molar-refractivity contribution < 1.29 is 18.1 Å². The Hall–Kier alpha value is -1.62. The van der Waals surface area contributed by atoms with Gasteiger partial charge < -0.3 is 9.64 Å². The molecule has 2 rings (SSSR count). The Kier molecular flexibility index (Phi) is 5.99. The van der Waals surface area contributed by atoms with Gasteiger partial charge in [0, 0.05) is 0 Å². The minimum atomic E-state index is -3.45. The van der Waals surface area contributed by atoms with Crippen LogP contribution >= 0.6 is 0 Å². The molecule has 6 nitrogen and oxygen atoms in total. The Labute approximate surface area is 138 Å². The molecule has 126 valence electrons. The van der Waals surface area contributed by atoms with Crippen LogP contribution in [0.15, 0.2) is 29.2 Å². The molecule has 1 aliphatic rings. The van der Waals surface area contributed by atoms with Crippen LogP contribution in [0.5, 0.6) is 5.75 Å². The SMILES string of the molecule is CCOc1ccc(S(=O)(=O)N2CC[NH+](C[C@H](C)C#N)CC2)cc1. The van der Waals surface area contributed by atoms with E-state index >= 15 is 0 Å². The molecule has 1 aliphatic heterocycles. The van der Waals surface area contributed by atoms with Gasteiger partial charge in [-0.25, -0.2) is 8.42 Å². The zero-order valence-electron chi connectivity index (χ0n) is 13.7. The van der Waals surface area contributed by atoms with Crippen molar-refractivity contribution in [2.45, 2.75) is 18.7 Å². The van der Waals surface area contributed by atoms with Crippen molar-refractivity contribution in [1.29, 1.82) is 5.26 Å². The molecule has 1 atom stereocenters. The van der Waals surface area contributed by atoms with E-state index in [0.29, 0.717) is 30.3 Å². The molecule has 0 amide bonds. The maximum Gasteiger partial charge on any atom is 0.243 e. The van der Waals surface area contributed by atoms with Crippen molar-refractivity contribution in [2.75, 3.05) is 39.3 Å². The van der Waals surface area contributed by atoms with Crippen molar-refractivity contribution in [1.82, 2.24) is 4.31 Å². The summed E-state index contributed by atoms with van der Waals surface area (Å²) < 4.78 is 32.2. The van der Waals surface area contributed by atoms with Crippen LogP contribution in [0.2, 0.25) is 0 Å². The number of benzene rings is 1. The Morgan fingerprint density at radius 1 is 1.30 bits per heavy atom. The summed E-state index contributed by atoms with van der Waals surface area (Å²) in [5.74, 6) is 0.672. The van der Waals surface area contributed by atoms with Crippen LogP contribution in [0.1, 0.15) is 13.8 Å². The molecule has 0 spiro atoms. The molecule has 1 aromatic rings. The predicted molar refractivity (Wildman–Crippen MR) is 86.7 cm³/mol. The third kappa shape index (κ3) is 4.44. The molecule has 0 bridgehead atoms. The molecule has 1 heterocycles. The standard InChI is InChI=1S/C16H23N3O3S/c1-3-22-15-4-6-16(7-5-15)23(20,21)19-10-8-18(9-11-19)13-14(2)12-17/h4-7,14H,3,8-11,13H2,1-2H3/p+1/t14-/m1/s1. The van der Waals surface area contributed by atoms with Crippen molar-refractivity contribution >= 4 is 10.0 Å². The van der Waals surface area contributed by atoms with E-state index in [0.717, 1.165) is 19.6 Å². The molecule has 1 aromatic carbocycles. The summed E-state index contributed by atoms with van der Waals surface area (Å²) in [6.45, 7) is 7.57. The minimum absolute atomic E-state index is 0.000679. The highest BCUT2D eigenvalue weighted by molar-refractivity contribution is 7.89. The van der Waals surface area contributed by atoms with Gasteiger partial charge in [-0.3, -0.25) is 0 Å². The molecule has 0 aromatic heterocycles. The van der Waals surface area contributed by atoms with Crippen LogP contribution < -0.4 is 9.64 Å². The normalized spacial score (nSPS) is 18.3. The third-order valence-corrected chi connectivity index (χ3v) is 5.93. The molecule has 0 radical (unpaired) electrons. The summed E-state index contributed by atoms with van der Waals surface area (Å²) in [6.07, 6.45) is 0. The van der Waals surface area contributed by atoms with Gasteiger partial charge in [0.25, 0.3) is 0 Å². The van der Waals surface area contributed by atoms with Crippen molar-refractivity contribution in [3.05, 3.63) is 24.3 Å². The van der Waals surface area contributed by atoms with Crippen LogP contribution in [0.3, 0.4) is 0 Å². The number of nitrogens with one attached hydrogen (secondary N) is 1. The van der Waals surface area contributed by atoms with Gasteiger partial charge in [0.1, 0.15) is 5.75 Å². The number of piperazine rings is 1. The van der Waals surface area contributed by atoms with E-state index in [1.807, 2.05) is 13.8 Å². The molecule has 0 saturated carbocycles. The zero-order valence-corrected chi connectivity index (χ0v) is 14.5. The number of sulfonamides is 1. The first-order valence-electron chi connectivity index (χ1n) is 7.93. The molecular formula is C16H24N3O3S+. The number of quaternary nitrogens is 1. The van der Waals surface area contributed by atoms with E-state index in [-0.39, 0.29) is 5.92 Å². The summed E-state index contributed by atoms with van der Waals surface area (Å²) in [4.78, 5) is 1.59. The molecule has 0 unspecified atom stereocenters. The average Bonchev–Trinajstić information content (AvgIpc) is 2.56. The third-order valence-electron chi connectivity index (χ3n) is 4.02. The predicted octanol–water partition coefficient (Wildman–Crippen LogP) is 0.134. The van der Waals surface area contributed by atoms with Gasteiger partial charge in [-0.1, -0.05) is 0 Å². The van der Waals surface area contributed by atoms with Gasteiger partial charge in [-0.2, -0.15) is 9.57 Å². The second-order valence-corrected chi connectivity index (χ2v) is 7.73. The van der Waals surface area contributed by atoms with Crippen LogP contribution in [-0.4, -0.2) is 52.1 Å². The molecular weight excluding hydrogens is 314 g/mol. The highest BCUT2D eigenvalue weighted by Crippen LogP contribution is 2.19. The number of rotatable bonds is 6. The molecule has 1 saturated heterocycles. The van der Waals surface area contributed by atoms with E-state index < -0.39 is 10.0 Å². The lowest BCUT2D eigenvalue weighted by Crippen LogP contribution is -3.15. The van der Waals surface area contributed by atoms with Gasteiger partial charge in [0.2, 0.25) is 10.0 Å². The second kappa shape index (κ2) is 7.77. The number of ether oxygens (including phenoxy) is 1. The lowest BCUT2D eigenvalue weighted by Gasteiger charge is -2.31. The quantitative estimate of drug-likeness (QED) is 0.800. The summed E-state index contributed by atoms with van der Waals surface area (Å²) in [5, 5.41) is 8.88. The van der Waals surface area contributed by atoms with E-state index in [4.69, 9.17) is 10.00 Å². The fraction of sp³-hybridized carbons (Fsp3) is 0.562. The molecule has 1 N–H and O–H groups in total. The van der Waals surface area contributed by atoms with E-state index in [2.05, 4.69) is 6.07 Å². The maximum absolute atomic E-state index is 12.7. The fourth-order valence-electron chi connectivity index (χ4n) is 2.75. The Balaban J connectivity index is 2.00. The van der Waals surface area contributed by atoms with Crippen molar-refractivity contribution in [3.63, 3.8) is 0 Å². The summed E-state index contributed by atoms with van der Waals surface area (Å²) in [6, 6.07) is 8.79. The number of hydrogen-bond donors (Lipinski definition) is 1. The first kappa shape index (κ1) is 17.7. The van der Waals surface area contributed by atoms with Gasteiger partial charge >= 0.3 is 0 Å². The lowest BCUT2D eigenvalue weighted by atomic mass is 10.2. The monoisotopic (exact) mass is 338 g/mol. The zero-order chi connectivity index (χ0) is 16.9. The first-order chi connectivity index (χ1) is 11.0. The molecule has 1 fully saturated rings. The van der Waals surface area contributed by atoms with E-state index in [1.165, 1.54) is 9.21 Å². The van der Waals surface area contributed by atoms with E-state index in [1.54, 1.807) is 24.3 Å². The van der Waals surface area contributed by atoms with Gasteiger partial charge in [0.05, 0.1) is 56.2 Å². The second-order valence-electron chi connectivity index (χ2n) is 5.79. The van der Waals surface area contributed by atoms with Gasteiger partial charge in [-0.15, -0.1) is 0 Å². The average molecular weight is 338 g/mol. The minimum Gasteiger partial charge on any atom is -0.494 e. The molecule has 0 aliphatic carbocycles. The van der Waals surface area contributed by atoms with E-state index in [9.17, 15) is 8.42 Å². The summed E-state index contributed by atoms with van der Waals surface area (Å²) >= 11 is 0. The molecule has 7 heteroatoms. The highest BCUT2D eigenvalue weighted by atomic mass is 32.2. The van der Waals surface area contributed by atoms with Gasteiger partial charge in [0.15, 0.2) is 0 Å². The first-order valence-corrected chi connectivity index (χ1v) is 9.37. The topological polar surface area (TPSA) is 74.8 Å². The number of hydrogen-bond acceptors (Lipinski definition) is 4. The number of nitrogens with zero attached hydrogens (tertiary/aromatic N) is 2. The largest absolute Gasteiger partial charge is 0.494 e. The lowest BCUT2D eigenvalue weighted by molar-refractivity contribution is -0.905. The number of nitriles is 1. The maximum atomic E-state index is 12.7. The summed E-state index contributed by atoms with van der Waals surface area (Å²) in [7, 11) is -3.45. The van der Waals surface area contributed by atoms with Crippen LogP contribution in [0.25, 0.3) is 0 Å². The Morgan fingerprint density at radius 3 is 2.43 bits per heavy atom. The fourth-order valence-corrected chi connectivity index (χ4v) is 4.19. The van der Waals surface area contributed by atoms with Crippen LogP contribution in [0, 0.1) is 17.2 Å². The van der Waals surface area contributed by atoms with Crippen molar-refractivity contribution in [2.24, 2.45) is 5.92 Å². The van der Waals surface area contributed by atoms with Crippen molar-refractivity contribution in [3.8, 4) is 11.8 Å². The van der Waals surface area contributed by atoms with Crippen LogP contribution in [-0.2, 0) is 10.0 Å². The summed E-state index contributed by atoms with van der Waals surface area (Å²) in [5.41, 5.74) is 0. The molecule has 23 heavy (non-hydrogen) atoms. The Morgan fingerprint density at radius 2 is 1.91 bits per heavy atom.